The lowest BCUT2D eigenvalue weighted by Gasteiger charge is -2.37. The van der Waals surface area contributed by atoms with Crippen molar-refractivity contribution in [1.29, 1.82) is 0 Å². The van der Waals surface area contributed by atoms with Crippen LogP contribution < -0.4 is 4.74 Å². The van der Waals surface area contributed by atoms with Crippen LogP contribution in [0.1, 0.15) is 109 Å². The average Bonchev–Trinajstić information content (AvgIpc) is 2.73. The molecular formula is C26H40F2O. The fourth-order valence-electron chi connectivity index (χ4n) is 5.57. The van der Waals surface area contributed by atoms with E-state index in [1.54, 1.807) is 12.1 Å². The molecule has 2 saturated carbocycles. The zero-order valence-electron chi connectivity index (χ0n) is 18.7. The molecular weight excluding hydrogens is 366 g/mol. The van der Waals surface area contributed by atoms with Gasteiger partial charge in [0, 0.05) is 0 Å². The van der Waals surface area contributed by atoms with Crippen LogP contribution in [0, 0.1) is 29.4 Å². The summed E-state index contributed by atoms with van der Waals surface area (Å²) < 4.78 is 35.2. The predicted octanol–water partition coefficient (Wildman–Crippen LogP) is 8.41. The summed E-state index contributed by atoms with van der Waals surface area (Å²) in [5, 5.41) is 0. The zero-order valence-corrected chi connectivity index (χ0v) is 18.7. The van der Waals surface area contributed by atoms with Crippen LogP contribution >= 0.6 is 0 Å². The van der Waals surface area contributed by atoms with Gasteiger partial charge in [0.1, 0.15) is 0 Å². The van der Waals surface area contributed by atoms with Crippen LogP contribution in [0.15, 0.2) is 12.1 Å². The van der Waals surface area contributed by atoms with Crippen molar-refractivity contribution in [3.8, 4) is 5.75 Å². The third-order valence-electron chi connectivity index (χ3n) is 7.56. The van der Waals surface area contributed by atoms with Crippen LogP contribution in [0.4, 0.5) is 8.78 Å². The minimum absolute atomic E-state index is 0.0697. The second-order valence-electron chi connectivity index (χ2n) is 9.84. The van der Waals surface area contributed by atoms with E-state index in [-0.39, 0.29) is 17.8 Å². The summed E-state index contributed by atoms with van der Waals surface area (Å²) in [6.45, 7) is 6.46. The summed E-state index contributed by atoms with van der Waals surface area (Å²) >= 11 is 0. The largest absolute Gasteiger partial charge is 0.488 e. The molecule has 2 fully saturated rings. The van der Waals surface area contributed by atoms with Crippen molar-refractivity contribution in [3.05, 3.63) is 29.3 Å². The maximum absolute atomic E-state index is 14.8. The van der Waals surface area contributed by atoms with Gasteiger partial charge in [-0.25, -0.2) is 4.39 Å². The van der Waals surface area contributed by atoms with Crippen LogP contribution in [-0.2, 0) is 0 Å². The van der Waals surface area contributed by atoms with Crippen LogP contribution in [0.25, 0.3) is 0 Å². The molecule has 1 aromatic rings. The SMILES string of the molecule is CCCCCC(C)Oc1ccc(C2CCC(C3CCC(C)CC3)CC2)c(F)c1F. The van der Waals surface area contributed by atoms with Gasteiger partial charge in [0.15, 0.2) is 11.6 Å². The third kappa shape index (κ3) is 5.95. The number of halogens is 2. The molecule has 0 amide bonds. The summed E-state index contributed by atoms with van der Waals surface area (Å²) in [5.74, 6) is 1.28. The van der Waals surface area contributed by atoms with Crippen LogP contribution in [0.5, 0.6) is 5.75 Å². The summed E-state index contributed by atoms with van der Waals surface area (Å²) in [6.07, 6.45) is 13.9. The second kappa shape index (κ2) is 10.8. The van der Waals surface area contributed by atoms with Crippen molar-refractivity contribution in [3.63, 3.8) is 0 Å². The highest BCUT2D eigenvalue weighted by Gasteiger charge is 2.32. The summed E-state index contributed by atoms with van der Waals surface area (Å²) in [4.78, 5) is 0. The highest BCUT2D eigenvalue weighted by atomic mass is 19.2. The average molecular weight is 407 g/mol. The molecule has 1 atom stereocenters. The fourth-order valence-corrected chi connectivity index (χ4v) is 5.57. The highest BCUT2D eigenvalue weighted by Crippen LogP contribution is 2.44. The molecule has 0 spiro atoms. The molecule has 1 unspecified atom stereocenters. The van der Waals surface area contributed by atoms with Crippen LogP contribution in [0.2, 0.25) is 0 Å². The number of ether oxygens (including phenoxy) is 1. The first-order valence-corrected chi connectivity index (χ1v) is 12.1. The quantitative estimate of drug-likeness (QED) is 0.394. The Morgan fingerprint density at radius 3 is 2.14 bits per heavy atom. The van der Waals surface area contributed by atoms with Crippen molar-refractivity contribution < 1.29 is 13.5 Å². The van der Waals surface area contributed by atoms with Gasteiger partial charge in [-0.15, -0.1) is 0 Å². The first kappa shape index (κ1) is 22.6. The molecule has 164 valence electrons. The standard InChI is InChI=1S/C26H40F2O/c1-4-5-6-7-19(3)29-24-17-16-23(25(27)26(24)28)22-14-12-21(13-15-22)20-10-8-18(2)9-11-20/h16-22H,4-15H2,1-3H3. The number of hydrogen-bond donors (Lipinski definition) is 0. The van der Waals surface area contributed by atoms with E-state index >= 15 is 0 Å². The molecule has 2 aliphatic rings. The lowest BCUT2D eigenvalue weighted by molar-refractivity contribution is 0.164. The smallest absolute Gasteiger partial charge is 0.200 e. The molecule has 0 saturated heterocycles. The van der Waals surface area contributed by atoms with Gasteiger partial charge in [-0.2, -0.15) is 4.39 Å². The number of benzene rings is 1. The molecule has 29 heavy (non-hydrogen) atoms. The highest BCUT2D eigenvalue weighted by molar-refractivity contribution is 5.33. The Bertz CT molecular complexity index is 628. The minimum atomic E-state index is -0.798. The van der Waals surface area contributed by atoms with Gasteiger partial charge in [0.2, 0.25) is 5.82 Å². The molecule has 2 aliphatic carbocycles. The number of rotatable bonds is 8. The van der Waals surface area contributed by atoms with Crippen LogP contribution in [-0.4, -0.2) is 6.10 Å². The maximum atomic E-state index is 14.8. The van der Waals surface area contributed by atoms with E-state index in [0.717, 1.165) is 69.1 Å². The van der Waals surface area contributed by atoms with Gasteiger partial charge in [-0.1, -0.05) is 45.6 Å². The van der Waals surface area contributed by atoms with Crippen molar-refractivity contribution >= 4 is 0 Å². The monoisotopic (exact) mass is 406 g/mol. The first-order chi connectivity index (χ1) is 14.0. The molecule has 0 N–H and O–H groups in total. The van der Waals surface area contributed by atoms with Gasteiger partial charge in [-0.05, 0) is 93.6 Å². The Morgan fingerprint density at radius 2 is 1.52 bits per heavy atom. The maximum Gasteiger partial charge on any atom is 0.200 e. The zero-order chi connectivity index (χ0) is 20.8. The van der Waals surface area contributed by atoms with E-state index < -0.39 is 11.6 Å². The Kier molecular flexibility index (Phi) is 8.38. The van der Waals surface area contributed by atoms with E-state index in [1.165, 1.54) is 25.7 Å². The molecule has 1 aromatic carbocycles. The molecule has 0 bridgehead atoms. The topological polar surface area (TPSA) is 9.23 Å². The van der Waals surface area contributed by atoms with Gasteiger partial charge >= 0.3 is 0 Å². The van der Waals surface area contributed by atoms with E-state index in [9.17, 15) is 8.78 Å². The van der Waals surface area contributed by atoms with E-state index in [0.29, 0.717) is 5.56 Å². The van der Waals surface area contributed by atoms with Gasteiger partial charge in [-0.3, -0.25) is 0 Å². The molecule has 0 aromatic heterocycles. The van der Waals surface area contributed by atoms with E-state index in [2.05, 4.69) is 13.8 Å². The van der Waals surface area contributed by atoms with Gasteiger partial charge < -0.3 is 4.74 Å². The van der Waals surface area contributed by atoms with Gasteiger partial charge in [0.05, 0.1) is 6.10 Å². The Morgan fingerprint density at radius 1 is 0.897 bits per heavy atom. The number of unbranched alkanes of at least 4 members (excludes halogenated alkanes) is 2. The lowest BCUT2D eigenvalue weighted by atomic mass is 9.68. The molecule has 0 aliphatic heterocycles. The van der Waals surface area contributed by atoms with Crippen molar-refractivity contribution in [2.24, 2.45) is 17.8 Å². The molecule has 3 heteroatoms. The second-order valence-corrected chi connectivity index (χ2v) is 9.84. The lowest BCUT2D eigenvalue weighted by Crippen LogP contribution is -2.25. The molecule has 1 nitrogen and oxygen atoms in total. The van der Waals surface area contributed by atoms with Crippen molar-refractivity contribution in [2.45, 2.75) is 110 Å². The van der Waals surface area contributed by atoms with Crippen molar-refractivity contribution in [1.82, 2.24) is 0 Å². The molecule has 0 radical (unpaired) electrons. The predicted molar refractivity (Wildman–Crippen MR) is 116 cm³/mol. The Balaban J connectivity index is 1.55. The Labute approximate surface area is 176 Å². The first-order valence-electron chi connectivity index (χ1n) is 12.1. The van der Waals surface area contributed by atoms with E-state index in [1.807, 2.05) is 6.92 Å². The molecule has 3 rings (SSSR count). The summed E-state index contributed by atoms with van der Waals surface area (Å²) in [6, 6.07) is 3.43. The van der Waals surface area contributed by atoms with Crippen LogP contribution in [0.3, 0.4) is 0 Å². The number of hydrogen-bond acceptors (Lipinski definition) is 1. The third-order valence-corrected chi connectivity index (χ3v) is 7.56. The van der Waals surface area contributed by atoms with Crippen molar-refractivity contribution in [2.75, 3.05) is 0 Å². The summed E-state index contributed by atoms with van der Waals surface area (Å²) in [7, 11) is 0. The fraction of sp³-hybridized carbons (Fsp3) is 0.769. The summed E-state index contributed by atoms with van der Waals surface area (Å²) in [5.41, 5.74) is 0.559. The molecule has 0 heterocycles. The normalized spacial score (nSPS) is 28.9. The van der Waals surface area contributed by atoms with Gasteiger partial charge in [0.25, 0.3) is 0 Å². The van der Waals surface area contributed by atoms with E-state index in [4.69, 9.17) is 4.74 Å². The minimum Gasteiger partial charge on any atom is -0.488 e. The Hall–Kier alpha value is -1.12.